The zero-order valence-electron chi connectivity index (χ0n) is 9.50. The maximum atomic E-state index is 5.57. The van der Waals surface area contributed by atoms with E-state index in [2.05, 4.69) is 26.0 Å². The zero-order chi connectivity index (χ0) is 11.1. The summed E-state index contributed by atoms with van der Waals surface area (Å²) < 4.78 is 5.53. The lowest BCUT2D eigenvalue weighted by atomic mass is 9.99. The molecule has 15 heavy (non-hydrogen) atoms. The Labute approximate surface area is 97.4 Å². The van der Waals surface area contributed by atoms with Gasteiger partial charge in [-0.15, -0.1) is 11.6 Å². The topological polar surface area (TPSA) is 9.23 Å². The van der Waals surface area contributed by atoms with Crippen LogP contribution in [-0.2, 0) is 0 Å². The van der Waals surface area contributed by atoms with E-state index in [9.17, 15) is 0 Å². The molecular weight excluding hydrogens is 208 g/mol. The van der Waals surface area contributed by atoms with Gasteiger partial charge in [-0.1, -0.05) is 26.0 Å². The van der Waals surface area contributed by atoms with Crippen LogP contribution in [0.2, 0.25) is 0 Å². The van der Waals surface area contributed by atoms with Crippen molar-refractivity contribution in [3.8, 4) is 5.75 Å². The van der Waals surface area contributed by atoms with Crippen LogP contribution in [0.5, 0.6) is 5.75 Å². The number of benzene rings is 1. The van der Waals surface area contributed by atoms with Crippen molar-refractivity contribution in [3.63, 3.8) is 0 Å². The highest BCUT2D eigenvalue weighted by Crippen LogP contribution is 2.21. The Morgan fingerprint density at radius 1 is 1.27 bits per heavy atom. The number of ether oxygens (including phenoxy) is 1. The summed E-state index contributed by atoms with van der Waals surface area (Å²) >= 11 is 5.57. The average Bonchev–Trinajstić information content (AvgIpc) is 2.29. The number of hydrogen-bond acceptors (Lipinski definition) is 1. The third-order valence-electron chi connectivity index (χ3n) is 2.61. The van der Waals surface area contributed by atoms with Crippen LogP contribution in [-0.4, -0.2) is 12.5 Å². The second-order valence-corrected chi connectivity index (χ2v) is 4.15. The minimum absolute atomic E-state index is 0.627. The Balaban J connectivity index is 2.49. The van der Waals surface area contributed by atoms with Gasteiger partial charge < -0.3 is 4.74 Å². The number of halogens is 1. The number of rotatable bonds is 6. The Morgan fingerprint density at radius 2 is 1.93 bits per heavy atom. The molecule has 0 N–H and O–H groups in total. The highest BCUT2D eigenvalue weighted by molar-refractivity contribution is 6.17. The van der Waals surface area contributed by atoms with Gasteiger partial charge >= 0.3 is 0 Å². The van der Waals surface area contributed by atoms with Crippen LogP contribution in [0.15, 0.2) is 24.3 Å². The molecule has 0 aliphatic carbocycles. The van der Waals surface area contributed by atoms with Crippen molar-refractivity contribution in [3.05, 3.63) is 29.8 Å². The summed E-state index contributed by atoms with van der Waals surface area (Å²) in [7, 11) is 0. The largest absolute Gasteiger partial charge is 0.494 e. The van der Waals surface area contributed by atoms with E-state index in [1.807, 2.05) is 12.1 Å². The second kappa shape index (κ2) is 6.73. The molecule has 2 heteroatoms. The van der Waals surface area contributed by atoms with Crippen LogP contribution in [0.25, 0.3) is 0 Å². The summed E-state index contributed by atoms with van der Waals surface area (Å²) in [4.78, 5) is 0. The summed E-state index contributed by atoms with van der Waals surface area (Å²) in [5.74, 6) is 2.22. The molecule has 0 aromatic heterocycles. The van der Waals surface area contributed by atoms with Crippen LogP contribution in [0.4, 0.5) is 0 Å². The highest BCUT2D eigenvalue weighted by Gasteiger charge is 2.02. The van der Waals surface area contributed by atoms with Crippen LogP contribution in [0, 0.1) is 0 Å². The van der Waals surface area contributed by atoms with Gasteiger partial charge in [-0.25, -0.2) is 0 Å². The third kappa shape index (κ3) is 4.13. The van der Waals surface area contributed by atoms with Gasteiger partial charge in [-0.05, 0) is 36.5 Å². The van der Waals surface area contributed by atoms with E-state index in [4.69, 9.17) is 16.3 Å². The summed E-state index contributed by atoms with van der Waals surface area (Å²) in [6.07, 6.45) is 2.07. The van der Waals surface area contributed by atoms with E-state index < -0.39 is 0 Å². The molecule has 84 valence electrons. The summed E-state index contributed by atoms with van der Waals surface area (Å²) in [5, 5.41) is 0. The zero-order valence-corrected chi connectivity index (χ0v) is 10.3. The lowest BCUT2D eigenvalue weighted by Crippen LogP contribution is -1.98. The molecule has 1 aromatic carbocycles. The highest BCUT2D eigenvalue weighted by atomic mass is 35.5. The molecule has 0 saturated heterocycles. The van der Waals surface area contributed by atoms with Crippen LogP contribution >= 0.6 is 11.6 Å². The van der Waals surface area contributed by atoms with Crippen molar-refractivity contribution in [2.45, 2.75) is 32.6 Å². The Morgan fingerprint density at radius 3 is 2.47 bits per heavy atom. The first-order chi connectivity index (χ1) is 7.27. The molecule has 0 saturated carbocycles. The van der Waals surface area contributed by atoms with E-state index in [1.54, 1.807) is 0 Å². The smallest absolute Gasteiger partial charge is 0.119 e. The second-order valence-electron chi connectivity index (χ2n) is 3.77. The first-order valence-electron chi connectivity index (χ1n) is 5.56. The lowest BCUT2D eigenvalue weighted by molar-refractivity contribution is 0.318. The van der Waals surface area contributed by atoms with Gasteiger partial charge in [0.25, 0.3) is 0 Å². The molecule has 0 bridgehead atoms. The van der Waals surface area contributed by atoms with E-state index in [1.165, 1.54) is 12.0 Å². The molecular formula is C13H19ClO. The first kappa shape index (κ1) is 12.4. The van der Waals surface area contributed by atoms with Crippen LogP contribution < -0.4 is 4.74 Å². The summed E-state index contributed by atoms with van der Waals surface area (Å²) in [6, 6.07) is 8.36. The standard InChI is InChI=1S/C13H19ClO/c1-3-11(2)12-5-7-13(8-6-12)15-10-4-9-14/h5-8,11H,3-4,9-10H2,1-2H3. The van der Waals surface area contributed by atoms with Crippen molar-refractivity contribution in [2.24, 2.45) is 0 Å². The van der Waals surface area contributed by atoms with Gasteiger partial charge in [0.1, 0.15) is 5.75 Å². The normalized spacial score (nSPS) is 12.5. The third-order valence-corrected chi connectivity index (χ3v) is 2.88. The fourth-order valence-corrected chi connectivity index (χ4v) is 1.48. The minimum atomic E-state index is 0.627. The number of hydrogen-bond donors (Lipinski definition) is 0. The van der Waals surface area contributed by atoms with Gasteiger partial charge in [-0.2, -0.15) is 0 Å². The van der Waals surface area contributed by atoms with Crippen molar-refractivity contribution >= 4 is 11.6 Å². The molecule has 0 aliphatic rings. The molecule has 0 spiro atoms. The van der Waals surface area contributed by atoms with E-state index in [0.717, 1.165) is 12.2 Å². The van der Waals surface area contributed by atoms with Crippen molar-refractivity contribution < 1.29 is 4.74 Å². The Bertz CT molecular complexity index is 268. The Kier molecular flexibility index (Phi) is 5.56. The molecule has 0 heterocycles. The quantitative estimate of drug-likeness (QED) is 0.522. The van der Waals surface area contributed by atoms with E-state index in [0.29, 0.717) is 18.4 Å². The van der Waals surface area contributed by atoms with E-state index in [-0.39, 0.29) is 0 Å². The van der Waals surface area contributed by atoms with Gasteiger partial charge in [-0.3, -0.25) is 0 Å². The predicted molar refractivity (Wildman–Crippen MR) is 66.0 cm³/mol. The number of alkyl halides is 1. The molecule has 1 aromatic rings. The minimum Gasteiger partial charge on any atom is -0.494 e. The molecule has 1 rings (SSSR count). The molecule has 1 unspecified atom stereocenters. The Hall–Kier alpha value is -0.690. The van der Waals surface area contributed by atoms with Gasteiger partial charge in [0.05, 0.1) is 6.61 Å². The van der Waals surface area contributed by atoms with Crippen LogP contribution in [0.1, 0.15) is 38.2 Å². The van der Waals surface area contributed by atoms with E-state index >= 15 is 0 Å². The predicted octanol–water partition coefficient (Wildman–Crippen LogP) is 4.21. The average molecular weight is 227 g/mol. The van der Waals surface area contributed by atoms with Gasteiger partial charge in [0, 0.05) is 5.88 Å². The SMILES string of the molecule is CCC(C)c1ccc(OCCCCl)cc1. The molecule has 0 amide bonds. The monoisotopic (exact) mass is 226 g/mol. The fourth-order valence-electron chi connectivity index (χ4n) is 1.37. The van der Waals surface area contributed by atoms with Gasteiger partial charge in [0.2, 0.25) is 0 Å². The molecule has 0 aliphatic heterocycles. The lowest BCUT2D eigenvalue weighted by Gasteiger charge is -2.10. The summed E-state index contributed by atoms with van der Waals surface area (Å²) in [6.45, 7) is 5.14. The first-order valence-corrected chi connectivity index (χ1v) is 6.10. The maximum absolute atomic E-state index is 5.57. The molecule has 0 fully saturated rings. The van der Waals surface area contributed by atoms with Gasteiger partial charge in [0.15, 0.2) is 0 Å². The molecule has 0 radical (unpaired) electrons. The fraction of sp³-hybridized carbons (Fsp3) is 0.538. The summed E-state index contributed by atoms with van der Waals surface area (Å²) in [5.41, 5.74) is 1.38. The van der Waals surface area contributed by atoms with Crippen molar-refractivity contribution in [1.29, 1.82) is 0 Å². The van der Waals surface area contributed by atoms with Crippen molar-refractivity contribution in [2.75, 3.05) is 12.5 Å². The molecule has 1 nitrogen and oxygen atoms in total. The van der Waals surface area contributed by atoms with Crippen molar-refractivity contribution in [1.82, 2.24) is 0 Å². The maximum Gasteiger partial charge on any atom is 0.119 e. The molecule has 1 atom stereocenters. The van der Waals surface area contributed by atoms with Crippen LogP contribution in [0.3, 0.4) is 0 Å².